The largest absolute Gasteiger partial charge is 0.390 e. The predicted octanol–water partition coefficient (Wildman–Crippen LogP) is 2.52. The Morgan fingerprint density at radius 1 is 1.26 bits per heavy atom. The molecular weight excluding hydrogens is 406 g/mol. The average Bonchev–Trinajstić information content (AvgIpc) is 2.95. The van der Waals surface area contributed by atoms with Crippen molar-refractivity contribution in [3.63, 3.8) is 0 Å². The van der Waals surface area contributed by atoms with E-state index in [-0.39, 0.29) is 36.7 Å². The Hall–Kier alpha value is -2.94. The normalized spacial score (nSPS) is 28.2. The van der Waals surface area contributed by atoms with Crippen LogP contribution in [0.15, 0.2) is 30.5 Å². The van der Waals surface area contributed by atoms with Gasteiger partial charge in [-0.05, 0) is 57.7 Å². The molecule has 2 heterocycles. The van der Waals surface area contributed by atoms with E-state index in [0.29, 0.717) is 18.7 Å². The summed E-state index contributed by atoms with van der Waals surface area (Å²) in [6, 6.07) is 4.04. The third-order valence-corrected chi connectivity index (χ3v) is 6.06. The number of rotatable bonds is 3. The molecule has 1 saturated carbocycles. The lowest BCUT2D eigenvalue weighted by atomic mass is 9.65. The first-order chi connectivity index (χ1) is 14.6. The molecule has 1 aromatic heterocycles. The molecule has 1 saturated heterocycles. The highest BCUT2D eigenvalue weighted by molar-refractivity contribution is 6.00. The van der Waals surface area contributed by atoms with Gasteiger partial charge < -0.3 is 15.3 Å². The van der Waals surface area contributed by atoms with Crippen LogP contribution in [-0.2, 0) is 4.79 Å². The second kappa shape index (κ2) is 7.64. The van der Waals surface area contributed by atoms with Crippen LogP contribution < -0.4 is 10.2 Å². The number of carbonyl (C=O) groups excluding carboxylic acids is 2. The van der Waals surface area contributed by atoms with Crippen molar-refractivity contribution in [3.05, 3.63) is 53.6 Å². The van der Waals surface area contributed by atoms with Gasteiger partial charge in [0.15, 0.2) is 0 Å². The molecule has 2 amide bonds. The Balaban J connectivity index is 1.56. The van der Waals surface area contributed by atoms with Crippen molar-refractivity contribution in [2.24, 2.45) is 5.41 Å². The molecule has 0 bridgehead atoms. The second-order valence-corrected chi connectivity index (χ2v) is 8.86. The highest BCUT2D eigenvalue weighted by Crippen LogP contribution is 2.49. The zero-order valence-electron chi connectivity index (χ0n) is 17.4. The molecule has 2 aliphatic rings. The van der Waals surface area contributed by atoms with Gasteiger partial charge in [0.1, 0.15) is 23.2 Å². The fourth-order valence-electron chi connectivity index (χ4n) is 5.01. The zero-order valence-corrected chi connectivity index (χ0v) is 17.4. The molecule has 2 fully saturated rings. The molecule has 1 aliphatic carbocycles. The number of amides is 2. The van der Waals surface area contributed by atoms with Gasteiger partial charge >= 0.3 is 0 Å². The van der Waals surface area contributed by atoms with Crippen molar-refractivity contribution < 1.29 is 23.5 Å². The van der Waals surface area contributed by atoms with E-state index in [9.17, 15) is 23.5 Å². The number of halogens is 2. The van der Waals surface area contributed by atoms with E-state index in [2.05, 4.69) is 15.3 Å². The van der Waals surface area contributed by atoms with Crippen LogP contribution in [0.2, 0.25) is 0 Å². The number of aliphatic hydroxyl groups is 1. The van der Waals surface area contributed by atoms with Crippen LogP contribution in [0.1, 0.15) is 48.9 Å². The fraction of sp³-hybridized carbons (Fsp3) is 0.455. The lowest BCUT2D eigenvalue weighted by Crippen LogP contribution is -2.53. The molecule has 1 spiro atoms. The molecule has 164 valence electrons. The van der Waals surface area contributed by atoms with Crippen LogP contribution in [-0.4, -0.2) is 45.1 Å². The number of benzene rings is 1. The maximum Gasteiger partial charge on any atom is 0.270 e. The molecule has 2 aromatic rings. The first-order valence-corrected chi connectivity index (χ1v) is 10.2. The zero-order chi connectivity index (χ0) is 22.4. The quantitative estimate of drug-likeness (QED) is 0.780. The van der Waals surface area contributed by atoms with Crippen LogP contribution in [0.25, 0.3) is 0 Å². The van der Waals surface area contributed by atoms with Gasteiger partial charge in [0.25, 0.3) is 5.91 Å². The second-order valence-electron chi connectivity index (χ2n) is 8.86. The first-order valence-electron chi connectivity index (χ1n) is 10.2. The third kappa shape index (κ3) is 4.27. The van der Waals surface area contributed by atoms with E-state index < -0.39 is 34.6 Å². The number of aryl methyl sites for hydroxylation is 1. The summed E-state index contributed by atoms with van der Waals surface area (Å²) in [5, 5.41) is 13.8. The Morgan fingerprint density at radius 3 is 2.65 bits per heavy atom. The van der Waals surface area contributed by atoms with E-state index in [1.54, 1.807) is 13.8 Å². The summed E-state index contributed by atoms with van der Waals surface area (Å²) in [7, 11) is 0. The minimum absolute atomic E-state index is 0.154. The summed E-state index contributed by atoms with van der Waals surface area (Å²) < 4.78 is 27.4. The minimum atomic E-state index is -1.18. The molecule has 0 radical (unpaired) electrons. The fourth-order valence-corrected chi connectivity index (χ4v) is 5.01. The van der Waals surface area contributed by atoms with E-state index >= 15 is 0 Å². The molecule has 1 aromatic carbocycles. The van der Waals surface area contributed by atoms with Crippen LogP contribution in [0.3, 0.4) is 0 Å². The summed E-state index contributed by atoms with van der Waals surface area (Å²) in [6.45, 7) is 3.60. The number of anilines is 1. The predicted molar refractivity (Wildman–Crippen MR) is 108 cm³/mol. The Bertz CT molecular complexity index is 1020. The van der Waals surface area contributed by atoms with Gasteiger partial charge in [0, 0.05) is 30.5 Å². The molecule has 1 aliphatic heterocycles. The summed E-state index contributed by atoms with van der Waals surface area (Å²) in [5.74, 6) is -1.76. The van der Waals surface area contributed by atoms with E-state index in [0.717, 1.165) is 18.2 Å². The summed E-state index contributed by atoms with van der Waals surface area (Å²) in [5.41, 5.74) is -1.75. The minimum Gasteiger partial charge on any atom is -0.390 e. The number of nitrogens with zero attached hydrogens (tertiary/aromatic N) is 3. The molecule has 7 nitrogen and oxygen atoms in total. The summed E-state index contributed by atoms with van der Waals surface area (Å²) in [4.78, 5) is 35.5. The standard InChI is InChI=1S/C22H24F2N4O3/c1-13-25-5-3-18(26-13)19(29)27-16-10-21(2,31)12-22(11-16)4-6-28(20(22)30)17-8-14(23)7-15(24)9-17/h3,5,7-9,16,31H,4,6,10-12H2,1-2H3,(H,27,29)/t16?,21-,22?/m0/s1. The van der Waals surface area contributed by atoms with Crippen LogP contribution in [0.5, 0.6) is 0 Å². The third-order valence-electron chi connectivity index (χ3n) is 6.06. The van der Waals surface area contributed by atoms with Gasteiger partial charge in [-0.1, -0.05) is 0 Å². The molecule has 4 rings (SSSR count). The first kappa shape index (κ1) is 21.3. The summed E-state index contributed by atoms with van der Waals surface area (Å²) in [6.07, 6.45) is 2.73. The highest BCUT2D eigenvalue weighted by Gasteiger charge is 2.55. The van der Waals surface area contributed by atoms with Gasteiger partial charge in [-0.3, -0.25) is 9.59 Å². The van der Waals surface area contributed by atoms with Gasteiger partial charge in [-0.15, -0.1) is 0 Å². The molecule has 31 heavy (non-hydrogen) atoms. The van der Waals surface area contributed by atoms with Gasteiger partial charge in [-0.25, -0.2) is 18.7 Å². The molecule has 2 N–H and O–H groups in total. The lowest BCUT2D eigenvalue weighted by Gasteiger charge is -2.44. The highest BCUT2D eigenvalue weighted by atomic mass is 19.1. The number of aromatic nitrogens is 2. The Labute approximate surface area is 178 Å². The maximum atomic E-state index is 13.7. The van der Waals surface area contributed by atoms with Crippen LogP contribution >= 0.6 is 0 Å². The molecule has 2 unspecified atom stereocenters. The SMILES string of the molecule is Cc1nccc(C(=O)NC2CC3(CCN(c4cc(F)cc(F)c4)C3=O)C[C@@](C)(O)C2)n1. The molecule has 3 atom stereocenters. The van der Waals surface area contributed by atoms with E-state index in [4.69, 9.17) is 0 Å². The van der Waals surface area contributed by atoms with E-state index in [1.807, 2.05) is 0 Å². The van der Waals surface area contributed by atoms with Crippen molar-refractivity contribution >= 4 is 17.5 Å². The van der Waals surface area contributed by atoms with Gasteiger partial charge in [-0.2, -0.15) is 0 Å². The van der Waals surface area contributed by atoms with Crippen molar-refractivity contribution in [1.29, 1.82) is 0 Å². The van der Waals surface area contributed by atoms with Crippen molar-refractivity contribution in [2.45, 2.75) is 51.2 Å². The molecule has 9 heteroatoms. The smallest absolute Gasteiger partial charge is 0.270 e. The average molecular weight is 430 g/mol. The number of hydrogen-bond acceptors (Lipinski definition) is 5. The van der Waals surface area contributed by atoms with Crippen molar-refractivity contribution in [3.8, 4) is 0 Å². The van der Waals surface area contributed by atoms with E-state index in [1.165, 1.54) is 17.2 Å². The number of hydrogen-bond donors (Lipinski definition) is 2. The topological polar surface area (TPSA) is 95.4 Å². The number of nitrogens with one attached hydrogen (secondary N) is 1. The summed E-state index contributed by atoms with van der Waals surface area (Å²) >= 11 is 0. The Morgan fingerprint density at radius 2 is 1.97 bits per heavy atom. The monoisotopic (exact) mass is 430 g/mol. The number of carbonyl (C=O) groups is 2. The van der Waals surface area contributed by atoms with Gasteiger partial charge in [0.2, 0.25) is 5.91 Å². The molecular formula is C22H24F2N4O3. The van der Waals surface area contributed by atoms with Crippen molar-refractivity contribution in [1.82, 2.24) is 15.3 Å². The Kier molecular flexibility index (Phi) is 5.25. The lowest BCUT2D eigenvalue weighted by molar-refractivity contribution is -0.134. The van der Waals surface area contributed by atoms with Gasteiger partial charge in [0.05, 0.1) is 11.0 Å². The van der Waals surface area contributed by atoms with Crippen LogP contribution in [0.4, 0.5) is 14.5 Å². The van der Waals surface area contributed by atoms with Crippen molar-refractivity contribution in [2.75, 3.05) is 11.4 Å². The maximum absolute atomic E-state index is 13.7. The van der Waals surface area contributed by atoms with Crippen LogP contribution in [0, 0.1) is 24.0 Å².